The van der Waals surface area contributed by atoms with Crippen molar-refractivity contribution >= 4 is 34.8 Å². The fraction of sp³-hybridized carbons (Fsp3) is 0.0588. The fourth-order valence-electron chi connectivity index (χ4n) is 5.14. The van der Waals surface area contributed by atoms with Gasteiger partial charge in [-0.1, -0.05) is 135 Å². The Kier molecular flexibility index (Phi) is 5.69. The van der Waals surface area contributed by atoms with Crippen LogP contribution in [0.5, 0.6) is 0 Å². The third-order valence-corrected chi connectivity index (χ3v) is 8.22. The van der Waals surface area contributed by atoms with Gasteiger partial charge in [-0.3, -0.25) is 0 Å². The second-order valence-electron chi connectivity index (χ2n) is 9.23. The van der Waals surface area contributed by atoms with Crippen molar-refractivity contribution in [2.75, 3.05) is 13.3 Å². The Morgan fingerprint density at radius 3 is 1.11 bits per heavy atom. The van der Waals surface area contributed by atoms with Crippen LogP contribution in [-0.2, 0) is 0 Å². The Balaban J connectivity index is 1.55. The highest BCUT2D eigenvalue weighted by molar-refractivity contribution is 7.64. The first-order valence-corrected chi connectivity index (χ1v) is 14.3. The van der Waals surface area contributed by atoms with Gasteiger partial charge in [-0.2, -0.15) is 0 Å². The Morgan fingerprint density at radius 2 is 0.686 bits per heavy atom. The van der Waals surface area contributed by atoms with Crippen molar-refractivity contribution in [1.29, 1.82) is 0 Å². The number of fused-ring (bicyclic) bond motifs is 2. The zero-order valence-electron chi connectivity index (χ0n) is 20.1. The fourth-order valence-corrected chi connectivity index (χ4v) is 5.88. The molecule has 0 fully saturated rings. The zero-order valence-corrected chi connectivity index (χ0v) is 21.0. The van der Waals surface area contributed by atoms with Crippen LogP contribution in [-0.4, -0.2) is 13.3 Å². The van der Waals surface area contributed by atoms with Crippen molar-refractivity contribution in [2.45, 2.75) is 0 Å². The van der Waals surface area contributed by atoms with Crippen molar-refractivity contribution in [3.8, 4) is 33.4 Å². The van der Waals surface area contributed by atoms with Gasteiger partial charge in [-0.05, 0) is 73.6 Å². The molecule has 0 atom stereocenters. The molecule has 0 aromatic heterocycles. The number of benzene rings is 6. The van der Waals surface area contributed by atoms with E-state index in [1.165, 1.54) is 60.2 Å². The molecule has 0 heterocycles. The highest BCUT2D eigenvalue weighted by Gasteiger charge is 2.16. The maximum Gasteiger partial charge on any atom is -0.00264 e. The van der Waals surface area contributed by atoms with Gasteiger partial charge in [0.2, 0.25) is 0 Å². The average Bonchev–Trinajstić information content (AvgIpc) is 2.92. The molecule has 0 nitrogen and oxygen atoms in total. The Bertz CT molecular complexity index is 1570. The van der Waals surface area contributed by atoms with Crippen LogP contribution >= 0.6 is 7.92 Å². The van der Waals surface area contributed by atoms with Gasteiger partial charge in [-0.25, -0.2) is 0 Å². The molecule has 0 aliphatic carbocycles. The number of hydrogen-bond acceptors (Lipinski definition) is 0. The summed E-state index contributed by atoms with van der Waals surface area (Å²) in [4.78, 5) is 0. The van der Waals surface area contributed by atoms with Gasteiger partial charge >= 0.3 is 0 Å². The van der Waals surface area contributed by atoms with Crippen LogP contribution in [0, 0.1) is 0 Å². The minimum atomic E-state index is -0.0661. The lowest BCUT2D eigenvalue weighted by Gasteiger charge is -2.18. The first-order valence-electron chi connectivity index (χ1n) is 12.1. The molecule has 0 bridgehead atoms. The zero-order chi connectivity index (χ0) is 23.8. The van der Waals surface area contributed by atoms with Crippen LogP contribution in [0.2, 0.25) is 0 Å². The third kappa shape index (κ3) is 3.95. The highest BCUT2D eigenvalue weighted by Crippen LogP contribution is 2.43. The summed E-state index contributed by atoms with van der Waals surface area (Å²) in [6.45, 7) is 4.60. The molecule has 0 saturated heterocycles. The molecule has 0 unspecified atom stereocenters. The van der Waals surface area contributed by atoms with Crippen molar-refractivity contribution in [3.63, 3.8) is 0 Å². The second-order valence-corrected chi connectivity index (χ2v) is 11.5. The second kappa shape index (κ2) is 9.14. The highest BCUT2D eigenvalue weighted by atomic mass is 31.1. The van der Waals surface area contributed by atoms with E-state index in [-0.39, 0.29) is 7.92 Å². The quantitative estimate of drug-likeness (QED) is 0.179. The number of hydrogen-bond donors (Lipinski definition) is 0. The topological polar surface area (TPSA) is 0 Å². The van der Waals surface area contributed by atoms with Crippen LogP contribution < -0.4 is 5.30 Å². The molecule has 6 rings (SSSR count). The van der Waals surface area contributed by atoms with Gasteiger partial charge < -0.3 is 0 Å². The van der Waals surface area contributed by atoms with E-state index in [0.29, 0.717) is 0 Å². The summed E-state index contributed by atoms with van der Waals surface area (Å²) in [6.07, 6.45) is 0. The van der Waals surface area contributed by atoms with E-state index in [1.54, 1.807) is 0 Å². The average molecular weight is 467 g/mol. The summed E-state index contributed by atoms with van der Waals surface area (Å²) >= 11 is 0. The molecule has 0 saturated carbocycles. The Hall–Kier alpha value is -3.73. The molecule has 6 aromatic carbocycles. The predicted octanol–water partition coefficient (Wildman–Crippen LogP) is 9.36. The summed E-state index contributed by atoms with van der Waals surface area (Å²) < 4.78 is 0. The van der Waals surface area contributed by atoms with E-state index < -0.39 is 0 Å². The van der Waals surface area contributed by atoms with E-state index >= 15 is 0 Å². The molecular weight excluding hydrogens is 439 g/mol. The van der Waals surface area contributed by atoms with E-state index in [2.05, 4.69) is 141 Å². The molecule has 0 radical (unpaired) electrons. The van der Waals surface area contributed by atoms with Crippen molar-refractivity contribution in [3.05, 3.63) is 127 Å². The molecule has 0 aliphatic rings. The summed E-state index contributed by atoms with van der Waals surface area (Å²) in [5.74, 6) is 0. The maximum atomic E-state index is 2.30. The molecule has 0 aliphatic heterocycles. The smallest absolute Gasteiger partial charge is 0.00264 e. The largest absolute Gasteiger partial charge is 0.0817 e. The first kappa shape index (κ1) is 21.8. The summed E-state index contributed by atoms with van der Waals surface area (Å²) in [5, 5.41) is 6.62. The van der Waals surface area contributed by atoms with Crippen LogP contribution in [0.15, 0.2) is 127 Å². The summed E-state index contributed by atoms with van der Waals surface area (Å²) in [5.41, 5.74) is 7.65. The van der Waals surface area contributed by atoms with Crippen molar-refractivity contribution in [2.24, 2.45) is 0 Å². The lowest BCUT2D eigenvalue weighted by atomic mass is 9.86. The lowest BCUT2D eigenvalue weighted by molar-refractivity contribution is 1.62. The molecule has 0 amide bonds. The molecular formula is C34H27P. The normalized spacial score (nSPS) is 11.4. The van der Waals surface area contributed by atoms with Crippen LogP contribution in [0.25, 0.3) is 54.9 Å². The Morgan fingerprint density at radius 1 is 0.343 bits per heavy atom. The van der Waals surface area contributed by atoms with E-state index in [0.717, 1.165) is 0 Å². The van der Waals surface area contributed by atoms with Crippen molar-refractivity contribution in [1.82, 2.24) is 0 Å². The summed E-state index contributed by atoms with van der Waals surface area (Å²) in [7, 11) is -0.0661. The minimum Gasteiger partial charge on any atom is -0.0817 e. The lowest BCUT2D eigenvalue weighted by Crippen LogP contribution is -1.97. The molecule has 168 valence electrons. The van der Waals surface area contributed by atoms with Gasteiger partial charge in [0.15, 0.2) is 0 Å². The molecule has 0 spiro atoms. The van der Waals surface area contributed by atoms with Crippen LogP contribution in [0.1, 0.15) is 0 Å². The van der Waals surface area contributed by atoms with Crippen LogP contribution in [0.4, 0.5) is 0 Å². The maximum absolute atomic E-state index is 2.30. The summed E-state index contributed by atoms with van der Waals surface area (Å²) in [6, 6.07) is 46.6. The third-order valence-electron chi connectivity index (χ3n) is 6.88. The van der Waals surface area contributed by atoms with Crippen LogP contribution in [0.3, 0.4) is 0 Å². The van der Waals surface area contributed by atoms with E-state index in [9.17, 15) is 0 Å². The van der Waals surface area contributed by atoms with Gasteiger partial charge in [0.05, 0.1) is 0 Å². The van der Waals surface area contributed by atoms with Gasteiger partial charge in [0.25, 0.3) is 0 Å². The Labute approximate surface area is 208 Å². The van der Waals surface area contributed by atoms with Gasteiger partial charge in [-0.15, -0.1) is 0 Å². The number of rotatable bonds is 4. The molecule has 1 heteroatoms. The molecule has 35 heavy (non-hydrogen) atoms. The van der Waals surface area contributed by atoms with E-state index in [1.807, 2.05) is 0 Å². The van der Waals surface area contributed by atoms with Gasteiger partial charge in [0, 0.05) is 0 Å². The monoisotopic (exact) mass is 466 g/mol. The molecule has 0 N–H and O–H groups in total. The molecule has 6 aromatic rings. The standard InChI is InChI=1S/C34H27P/c1-35(2)28-22-20-25(21-23-28)24-16-18-27(19-17-24)34-31-14-8-6-12-29(31)33(26-10-4-3-5-11-26)30-13-7-9-15-32(30)34/h3-23H,1-2H3. The van der Waals surface area contributed by atoms with Gasteiger partial charge in [0.1, 0.15) is 0 Å². The SMILES string of the molecule is CP(C)c1ccc(-c2ccc(-c3c4ccccc4c(-c4ccccc4)c4ccccc34)cc2)cc1. The first-order chi connectivity index (χ1) is 17.2. The van der Waals surface area contributed by atoms with Crippen molar-refractivity contribution < 1.29 is 0 Å². The minimum absolute atomic E-state index is 0.0661. The predicted molar refractivity (Wildman–Crippen MR) is 156 cm³/mol. The van der Waals surface area contributed by atoms with E-state index in [4.69, 9.17) is 0 Å².